The molecule has 3 unspecified atom stereocenters. The fourth-order valence-electron chi connectivity index (χ4n) is 3.28. The van der Waals surface area contributed by atoms with Crippen molar-refractivity contribution < 1.29 is 19.1 Å². The number of alkyl halides is 1. The predicted molar refractivity (Wildman–Crippen MR) is 92.1 cm³/mol. The monoisotopic (exact) mass is 353 g/mol. The van der Waals surface area contributed by atoms with Gasteiger partial charge in [0.25, 0.3) is 0 Å². The lowest BCUT2D eigenvalue weighted by atomic mass is 9.73. The predicted octanol–water partition coefficient (Wildman–Crippen LogP) is 3.21. The number of nitrogens with one attached hydrogen (secondary N) is 1. The lowest BCUT2D eigenvalue weighted by Gasteiger charge is -2.41. The highest BCUT2D eigenvalue weighted by Gasteiger charge is 2.47. The van der Waals surface area contributed by atoms with Gasteiger partial charge >= 0.3 is 5.97 Å². The van der Waals surface area contributed by atoms with Crippen LogP contribution in [-0.2, 0) is 14.3 Å². The Morgan fingerprint density at radius 3 is 2.46 bits per heavy atom. The van der Waals surface area contributed by atoms with Gasteiger partial charge in [-0.3, -0.25) is 4.79 Å². The molecule has 1 aliphatic rings. The largest absolute Gasteiger partial charge is 0.497 e. The van der Waals surface area contributed by atoms with Crippen molar-refractivity contribution in [3.8, 4) is 5.75 Å². The molecule has 1 aromatic carbocycles. The zero-order chi connectivity index (χ0) is 17.7. The van der Waals surface area contributed by atoms with E-state index in [1.54, 1.807) is 31.4 Å². The minimum atomic E-state index is -0.996. The molecule has 0 bridgehead atoms. The van der Waals surface area contributed by atoms with E-state index in [9.17, 15) is 9.59 Å². The van der Waals surface area contributed by atoms with Crippen molar-refractivity contribution in [2.24, 2.45) is 5.92 Å². The number of carbonyl (C=O) groups excluding carboxylic acids is 2. The number of ether oxygens (including phenoxy) is 2. The Bertz CT molecular complexity index is 589. The van der Waals surface area contributed by atoms with Gasteiger partial charge in [0.1, 0.15) is 16.7 Å². The van der Waals surface area contributed by atoms with Crippen LogP contribution in [-0.4, -0.2) is 31.6 Å². The summed E-state index contributed by atoms with van der Waals surface area (Å²) < 4.78 is 10.1. The van der Waals surface area contributed by atoms with Crippen molar-refractivity contribution in [1.82, 2.24) is 5.32 Å². The molecular formula is C18H24ClNO4. The minimum Gasteiger partial charge on any atom is -0.497 e. The molecule has 5 nitrogen and oxygen atoms in total. The lowest BCUT2D eigenvalue weighted by molar-refractivity contribution is -0.155. The maximum Gasteiger partial charge on any atom is 0.331 e. The first-order chi connectivity index (χ1) is 11.4. The van der Waals surface area contributed by atoms with E-state index in [4.69, 9.17) is 21.1 Å². The molecule has 3 atom stereocenters. The van der Waals surface area contributed by atoms with Crippen LogP contribution in [0.5, 0.6) is 5.75 Å². The standard InChI is InChI=1S/C18H24ClNO4/c1-12-6-4-5-11-18(12,17(22)24-3)20-16(21)15(19)13-7-9-14(23-2)10-8-13/h7-10,12,15H,4-6,11H2,1-3H3,(H,20,21). The Morgan fingerprint density at radius 1 is 1.25 bits per heavy atom. The number of benzene rings is 1. The zero-order valence-corrected chi connectivity index (χ0v) is 15.1. The molecule has 1 aliphatic carbocycles. The number of hydrogen-bond acceptors (Lipinski definition) is 4. The number of esters is 1. The number of rotatable bonds is 5. The van der Waals surface area contributed by atoms with Crippen molar-refractivity contribution in [3.63, 3.8) is 0 Å². The van der Waals surface area contributed by atoms with Gasteiger partial charge < -0.3 is 14.8 Å². The van der Waals surface area contributed by atoms with E-state index in [1.807, 2.05) is 6.92 Å². The molecule has 24 heavy (non-hydrogen) atoms. The van der Waals surface area contributed by atoms with E-state index in [1.165, 1.54) is 7.11 Å². The first-order valence-electron chi connectivity index (χ1n) is 8.13. The van der Waals surface area contributed by atoms with Gasteiger partial charge in [0.2, 0.25) is 5.91 Å². The summed E-state index contributed by atoms with van der Waals surface area (Å²) in [6.45, 7) is 1.97. The molecule has 2 rings (SSSR count). The highest BCUT2D eigenvalue weighted by Crippen LogP contribution is 2.36. The molecule has 0 radical (unpaired) electrons. The fraction of sp³-hybridized carbons (Fsp3) is 0.556. The quantitative estimate of drug-likeness (QED) is 0.652. The number of methoxy groups -OCH3 is 2. The Balaban J connectivity index is 2.18. The van der Waals surface area contributed by atoms with Gasteiger partial charge in [-0.15, -0.1) is 11.6 Å². The van der Waals surface area contributed by atoms with Gasteiger partial charge in [-0.2, -0.15) is 0 Å². The van der Waals surface area contributed by atoms with Gasteiger partial charge in [0, 0.05) is 0 Å². The number of amides is 1. The second-order valence-electron chi connectivity index (χ2n) is 6.23. The molecule has 0 spiro atoms. The van der Waals surface area contributed by atoms with Crippen LogP contribution in [0.1, 0.15) is 43.5 Å². The average molecular weight is 354 g/mol. The van der Waals surface area contributed by atoms with Crippen LogP contribution in [0.25, 0.3) is 0 Å². The summed E-state index contributed by atoms with van der Waals surface area (Å²) in [4.78, 5) is 25.0. The summed E-state index contributed by atoms with van der Waals surface area (Å²) in [5.74, 6) is -0.0972. The molecule has 1 saturated carbocycles. The van der Waals surface area contributed by atoms with Crippen molar-refractivity contribution in [2.75, 3.05) is 14.2 Å². The second kappa shape index (κ2) is 7.88. The third kappa shape index (κ3) is 3.66. The summed E-state index contributed by atoms with van der Waals surface area (Å²) in [5, 5.41) is 2.00. The highest BCUT2D eigenvalue weighted by molar-refractivity contribution is 6.31. The smallest absolute Gasteiger partial charge is 0.331 e. The van der Waals surface area contributed by atoms with Crippen LogP contribution in [0, 0.1) is 5.92 Å². The van der Waals surface area contributed by atoms with Gasteiger partial charge in [-0.1, -0.05) is 31.9 Å². The van der Waals surface area contributed by atoms with E-state index in [2.05, 4.69) is 5.32 Å². The minimum absolute atomic E-state index is 0.00221. The first-order valence-corrected chi connectivity index (χ1v) is 8.56. The molecule has 1 aromatic rings. The van der Waals surface area contributed by atoms with E-state index in [0.29, 0.717) is 17.7 Å². The lowest BCUT2D eigenvalue weighted by Crippen LogP contribution is -2.61. The van der Waals surface area contributed by atoms with E-state index in [-0.39, 0.29) is 11.8 Å². The Hall–Kier alpha value is -1.75. The highest BCUT2D eigenvalue weighted by atomic mass is 35.5. The molecule has 132 valence electrons. The molecule has 1 N–H and O–H groups in total. The molecule has 6 heteroatoms. The Kier molecular flexibility index (Phi) is 6.10. The van der Waals surface area contributed by atoms with Gasteiger partial charge in [0.15, 0.2) is 0 Å². The van der Waals surface area contributed by atoms with E-state index < -0.39 is 16.9 Å². The van der Waals surface area contributed by atoms with Crippen molar-refractivity contribution in [3.05, 3.63) is 29.8 Å². The summed E-state index contributed by atoms with van der Waals surface area (Å²) in [7, 11) is 2.92. The molecule has 1 fully saturated rings. The van der Waals surface area contributed by atoms with Crippen LogP contribution in [0.4, 0.5) is 0 Å². The zero-order valence-electron chi connectivity index (χ0n) is 14.3. The Labute approximate surface area is 147 Å². The first kappa shape index (κ1) is 18.6. The molecule has 1 amide bonds. The van der Waals surface area contributed by atoms with Crippen molar-refractivity contribution in [2.45, 2.75) is 43.5 Å². The van der Waals surface area contributed by atoms with Crippen molar-refractivity contribution >= 4 is 23.5 Å². The molecule has 0 aliphatic heterocycles. The Morgan fingerprint density at radius 2 is 1.92 bits per heavy atom. The summed E-state index contributed by atoms with van der Waals surface area (Å²) >= 11 is 6.32. The van der Waals surface area contributed by atoms with Crippen LogP contribution >= 0.6 is 11.6 Å². The molecule has 0 saturated heterocycles. The number of halogens is 1. The van der Waals surface area contributed by atoms with Crippen LogP contribution in [0.3, 0.4) is 0 Å². The van der Waals surface area contributed by atoms with Crippen molar-refractivity contribution in [1.29, 1.82) is 0 Å². The van der Waals surface area contributed by atoms with Gasteiger partial charge in [-0.25, -0.2) is 4.79 Å². The normalized spacial score (nSPS) is 24.8. The SMILES string of the molecule is COC(=O)C1(NC(=O)C(Cl)c2ccc(OC)cc2)CCCCC1C. The number of carbonyl (C=O) groups is 2. The maximum absolute atomic E-state index is 12.7. The van der Waals surface area contributed by atoms with E-state index >= 15 is 0 Å². The summed E-state index contributed by atoms with van der Waals surface area (Å²) in [5.41, 5.74) is -0.345. The second-order valence-corrected chi connectivity index (χ2v) is 6.67. The van der Waals surface area contributed by atoms with Crippen LogP contribution in [0.15, 0.2) is 24.3 Å². The third-order valence-electron chi connectivity index (χ3n) is 4.83. The fourth-order valence-corrected chi connectivity index (χ4v) is 3.48. The summed E-state index contributed by atoms with van der Waals surface area (Å²) in [6, 6.07) is 6.98. The molecular weight excluding hydrogens is 330 g/mol. The van der Waals surface area contributed by atoms with Gasteiger partial charge in [-0.05, 0) is 36.5 Å². The maximum atomic E-state index is 12.7. The van der Waals surface area contributed by atoms with Gasteiger partial charge in [0.05, 0.1) is 14.2 Å². The topological polar surface area (TPSA) is 64.6 Å². The third-order valence-corrected chi connectivity index (χ3v) is 5.28. The number of hydrogen-bond donors (Lipinski definition) is 1. The van der Waals surface area contributed by atoms with Crippen LogP contribution in [0.2, 0.25) is 0 Å². The average Bonchev–Trinajstić information content (AvgIpc) is 2.62. The summed E-state index contributed by atoms with van der Waals surface area (Å²) in [6.07, 6.45) is 3.34. The van der Waals surface area contributed by atoms with E-state index in [0.717, 1.165) is 19.3 Å². The molecule has 0 aromatic heterocycles. The van der Waals surface area contributed by atoms with Crippen LogP contribution < -0.4 is 10.1 Å². The molecule has 0 heterocycles.